The van der Waals surface area contributed by atoms with Crippen LogP contribution < -0.4 is 10.1 Å². The number of aromatic nitrogens is 1. The Morgan fingerprint density at radius 2 is 2.40 bits per heavy atom. The molecular weight excluding hydrogens is 128 g/mol. The molecule has 2 heterocycles. The van der Waals surface area contributed by atoms with Crippen molar-refractivity contribution < 1.29 is 4.74 Å². The van der Waals surface area contributed by atoms with E-state index in [1.54, 1.807) is 30.9 Å². The number of pyridine rings is 1. The zero-order chi connectivity index (χ0) is 6.81. The fourth-order valence-corrected chi connectivity index (χ4v) is 0.784. The Hall–Kier alpha value is -1.51. The predicted molar refractivity (Wildman–Crippen MR) is 35.8 cm³/mol. The summed E-state index contributed by atoms with van der Waals surface area (Å²) in [5, 5.41) is 4.02. The van der Waals surface area contributed by atoms with Gasteiger partial charge in [0.2, 0.25) is 0 Å². The van der Waals surface area contributed by atoms with Gasteiger partial charge in [0.25, 0.3) is 0 Å². The Labute approximate surface area is 58.3 Å². The largest absolute Gasteiger partial charge is 0.461 e. The molecule has 0 saturated carbocycles. The lowest BCUT2D eigenvalue weighted by Crippen LogP contribution is -1.98. The second-order valence-electron chi connectivity index (χ2n) is 1.88. The molecule has 0 amide bonds. The van der Waals surface area contributed by atoms with Crippen molar-refractivity contribution in [3.63, 3.8) is 0 Å². The van der Waals surface area contributed by atoms with E-state index in [9.17, 15) is 0 Å². The van der Waals surface area contributed by atoms with Crippen LogP contribution in [0.5, 0.6) is 5.75 Å². The number of fused-ring (bicyclic) bond motifs is 1. The zero-order valence-corrected chi connectivity index (χ0v) is 5.19. The maximum absolute atomic E-state index is 5.11. The molecule has 3 heteroatoms. The number of hydrogen-bond acceptors (Lipinski definition) is 2. The first-order chi connectivity index (χ1) is 4.97. The normalized spacial score (nSPS) is 13.2. The molecule has 0 aromatic carbocycles. The van der Waals surface area contributed by atoms with E-state index in [1.165, 1.54) is 0 Å². The standard InChI is InChI=1S/C7H5N2O/c1-2-8-5-6-7(1)10-4-3-9-6/h1-5H. The molecule has 49 valence electrons. The first-order valence-corrected chi connectivity index (χ1v) is 2.93. The first-order valence-electron chi connectivity index (χ1n) is 2.93. The van der Waals surface area contributed by atoms with Crippen LogP contribution in [-0.4, -0.2) is 4.98 Å². The molecular formula is C7H5N2O. The van der Waals surface area contributed by atoms with Gasteiger partial charge in [-0.3, -0.25) is 4.98 Å². The van der Waals surface area contributed by atoms with Crippen LogP contribution in [0.25, 0.3) is 0 Å². The maximum Gasteiger partial charge on any atom is 0.155 e. The van der Waals surface area contributed by atoms with Crippen LogP contribution in [0.3, 0.4) is 0 Å². The van der Waals surface area contributed by atoms with Crippen molar-refractivity contribution in [3.05, 3.63) is 30.9 Å². The molecule has 0 bridgehead atoms. The molecule has 10 heavy (non-hydrogen) atoms. The highest BCUT2D eigenvalue weighted by Gasteiger charge is 2.04. The molecule has 0 aliphatic carbocycles. The number of rotatable bonds is 0. The topological polar surface area (TPSA) is 36.2 Å². The van der Waals surface area contributed by atoms with Gasteiger partial charge in [-0.1, -0.05) is 0 Å². The van der Waals surface area contributed by atoms with Crippen molar-refractivity contribution in [1.82, 2.24) is 10.3 Å². The third kappa shape index (κ3) is 0.719. The number of nitrogens with zero attached hydrogens (tertiary/aromatic N) is 2. The molecule has 0 spiro atoms. The van der Waals surface area contributed by atoms with Crippen LogP contribution in [0.15, 0.2) is 30.9 Å². The molecule has 0 unspecified atom stereocenters. The summed E-state index contributed by atoms with van der Waals surface area (Å²) in [5.41, 5.74) is 0.782. The summed E-state index contributed by atoms with van der Waals surface area (Å²) in [5.74, 6) is 0.762. The van der Waals surface area contributed by atoms with Crippen molar-refractivity contribution in [2.45, 2.75) is 0 Å². The van der Waals surface area contributed by atoms with Crippen molar-refractivity contribution >= 4 is 5.69 Å². The third-order valence-corrected chi connectivity index (χ3v) is 1.23. The smallest absolute Gasteiger partial charge is 0.155 e. The fourth-order valence-electron chi connectivity index (χ4n) is 0.784. The van der Waals surface area contributed by atoms with Gasteiger partial charge in [0.15, 0.2) is 5.75 Å². The fraction of sp³-hybridized carbons (Fsp3) is 0. The monoisotopic (exact) mass is 133 g/mol. The Morgan fingerprint density at radius 1 is 1.40 bits per heavy atom. The predicted octanol–water partition coefficient (Wildman–Crippen LogP) is 1.18. The highest BCUT2D eigenvalue weighted by atomic mass is 16.5. The third-order valence-electron chi connectivity index (χ3n) is 1.23. The molecule has 1 radical (unpaired) electrons. The highest BCUT2D eigenvalue weighted by molar-refractivity contribution is 5.50. The first kappa shape index (κ1) is 5.29. The minimum atomic E-state index is 0.762. The van der Waals surface area contributed by atoms with E-state index in [0.717, 1.165) is 11.4 Å². The van der Waals surface area contributed by atoms with Crippen LogP contribution in [0.4, 0.5) is 5.69 Å². The van der Waals surface area contributed by atoms with Gasteiger partial charge in [0.05, 0.1) is 12.4 Å². The van der Waals surface area contributed by atoms with Gasteiger partial charge in [0, 0.05) is 12.3 Å². The van der Waals surface area contributed by atoms with Crippen LogP contribution in [0, 0.1) is 0 Å². The summed E-state index contributed by atoms with van der Waals surface area (Å²) in [7, 11) is 0. The van der Waals surface area contributed by atoms with E-state index in [2.05, 4.69) is 10.3 Å². The average molecular weight is 133 g/mol. The summed E-state index contributed by atoms with van der Waals surface area (Å²) in [6.07, 6.45) is 6.48. The van der Waals surface area contributed by atoms with Gasteiger partial charge in [-0.05, 0) is 0 Å². The summed E-state index contributed by atoms with van der Waals surface area (Å²) >= 11 is 0. The van der Waals surface area contributed by atoms with Gasteiger partial charge in [-0.25, -0.2) is 5.32 Å². The van der Waals surface area contributed by atoms with Crippen molar-refractivity contribution in [2.24, 2.45) is 0 Å². The second kappa shape index (κ2) is 2.02. The Kier molecular flexibility index (Phi) is 1.07. The molecule has 1 aromatic rings. The summed E-state index contributed by atoms with van der Waals surface area (Å²) in [6, 6.07) is 1.78. The summed E-state index contributed by atoms with van der Waals surface area (Å²) in [6.45, 7) is 0. The number of ether oxygens (including phenoxy) is 1. The van der Waals surface area contributed by atoms with Crippen LogP contribution >= 0.6 is 0 Å². The number of hydrogen-bond donors (Lipinski definition) is 0. The van der Waals surface area contributed by atoms with Gasteiger partial charge in [0.1, 0.15) is 11.9 Å². The Morgan fingerprint density at radius 3 is 3.30 bits per heavy atom. The second-order valence-corrected chi connectivity index (χ2v) is 1.88. The molecule has 1 aromatic heterocycles. The van der Waals surface area contributed by atoms with E-state index in [-0.39, 0.29) is 0 Å². The van der Waals surface area contributed by atoms with Gasteiger partial charge < -0.3 is 4.74 Å². The van der Waals surface area contributed by atoms with E-state index >= 15 is 0 Å². The van der Waals surface area contributed by atoms with Crippen molar-refractivity contribution in [2.75, 3.05) is 0 Å². The summed E-state index contributed by atoms with van der Waals surface area (Å²) in [4.78, 5) is 3.89. The van der Waals surface area contributed by atoms with Crippen LogP contribution in [0.2, 0.25) is 0 Å². The quantitative estimate of drug-likeness (QED) is 0.532. The highest BCUT2D eigenvalue weighted by Crippen LogP contribution is 2.24. The molecule has 2 rings (SSSR count). The molecule has 0 atom stereocenters. The minimum Gasteiger partial charge on any atom is -0.461 e. The summed E-state index contributed by atoms with van der Waals surface area (Å²) < 4.78 is 5.11. The Bertz CT molecular complexity index is 243. The molecule has 0 N–H and O–H groups in total. The van der Waals surface area contributed by atoms with Crippen LogP contribution in [-0.2, 0) is 0 Å². The van der Waals surface area contributed by atoms with E-state index in [1.807, 2.05) is 0 Å². The molecule has 1 aliphatic rings. The molecule has 0 saturated heterocycles. The average Bonchev–Trinajstić information content (AvgIpc) is 2.05. The van der Waals surface area contributed by atoms with E-state index < -0.39 is 0 Å². The van der Waals surface area contributed by atoms with Gasteiger partial charge in [-0.15, -0.1) is 0 Å². The lowest BCUT2D eigenvalue weighted by atomic mass is 10.4. The zero-order valence-electron chi connectivity index (χ0n) is 5.19. The molecule has 0 fully saturated rings. The van der Waals surface area contributed by atoms with Crippen LogP contribution in [0.1, 0.15) is 0 Å². The minimum absolute atomic E-state index is 0.762. The Balaban J connectivity index is 2.47. The van der Waals surface area contributed by atoms with Gasteiger partial charge >= 0.3 is 0 Å². The molecule has 1 aliphatic heterocycles. The SMILES string of the molecule is C1=COc2ccncc2[N]1. The van der Waals surface area contributed by atoms with Crippen molar-refractivity contribution in [1.29, 1.82) is 0 Å². The lowest BCUT2D eigenvalue weighted by molar-refractivity contribution is 0.466. The van der Waals surface area contributed by atoms with Gasteiger partial charge in [-0.2, -0.15) is 0 Å². The maximum atomic E-state index is 5.11. The molecule has 3 nitrogen and oxygen atoms in total. The lowest BCUT2D eigenvalue weighted by Gasteiger charge is -2.08. The van der Waals surface area contributed by atoms with E-state index in [4.69, 9.17) is 4.74 Å². The van der Waals surface area contributed by atoms with Crippen molar-refractivity contribution in [3.8, 4) is 5.75 Å². The van der Waals surface area contributed by atoms with E-state index in [0.29, 0.717) is 0 Å².